The lowest BCUT2D eigenvalue weighted by atomic mass is 9.85. The fraction of sp³-hybridized carbons (Fsp3) is 0.688. The lowest BCUT2D eigenvalue weighted by molar-refractivity contribution is -0.126. The minimum absolute atomic E-state index is 0.0100. The van der Waals surface area contributed by atoms with Gasteiger partial charge in [0.2, 0.25) is 5.91 Å². The van der Waals surface area contributed by atoms with E-state index >= 15 is 0 Å². The first-order valence-electron chi connectivity index (χ1n) is 8.07. The minimum Gasteiger partial charge on any atom is -0.365 e. The van der Waals surface area contributed by atoms with Crippen LogP contribution in [0.15, 0.2) is 6.33 Å². The summed E-state index contributed by atoms with van der Waals surface area (Å²) in [5.74, 6) is -0.0383. The number of aromatic nitrogens is 2. The summed E-state index contributed by atoms with van der Waals surface area (Å²) in [6.07, 6.45) is 5.41. The predicted octanol–water partition coefficient (Wildman–Crippen LogP) is 2.67. The molecule has 0 aromatic carbocycles. The molecule has 1 fully saturated rings. The van der Waals surface area contributed by atoms with Gasteiger partial charge in [-0.25, -0.2) is 14.4 Å². The van der Waals surface area contributed by atoms with Crippen molar-refractivity contribution in [1.82, 2.24) is 15.3 Å². The quantitative estimate of drug-likeness (QED) is 0.877. The van der Waals surface area contributed by atoms with Gasteiger partial charge in [-0.1, -0.05) is 13.3 Å². The summed E-state index contributed by atoms with van der Waals surface area (Å²) in [4.78, 5) is 20.1. The molecule has 2 atom stereocenters. The number of amides is 1. The lowest BCUT2D eigenvalue weighted by Crippen LogP contribution is -2.40. The Balaban J connectivity index is 2.00. The maximum atomic E-state index is 14.2. The Morgan fingerprint density at radius 2 is 2.18 bits per heavy atom. The van der Waals surface area contributed by atoms with Crippen molar-refractivity contribution in [2.45, 2.75) is 65.0 Å². The van der Waals surface area contributed by atoms with Crippen molar-refractivity contribution in [2.75, 3.05) is 5.32 Å². The number of hydrogen-bond acceptors (Lipinski definition) is 4. The zero-order chi connectivity index (χ0) is 16.1. The highest BCUT2D eigenvalue weighted by Gasteiger charge is 2.28. The summed E-state index contributed by atoms with van der Waals surface area (Å²) in [6, 6.07) is 0.220. The lowest BCUT2D eigenvalue weighted by Gasteiger charge is -2.30. The van der Waals surface area contributed by atoms with E-state index in [9.17, 15) is 9.18 Å². The van der Waals surface area contributed by atoms with E-state index in [1.54, 1.807) is 0 Å². The van der Waals surface area contributed by atoms with Gasteiger partial charge in [-0.2, -0.15) is 0 Å². The Morgan fingerprint density at radius 1 is 1.41 bits per heavy atom. The second-order valence-electron chi connectivity index (χ2n) is 6.20. The fourth-order valence-corrected chi connectivity index (χ4v) is 2.91. The molecule has 0 bridgehead atoms. The van der Waals surface area contributed by atoms with Crippen molar-refractivity contribution in [3.8, 4) is 0 Å². The summed E-state index contributed by atoms with van der Waals surface area (Å²) >= 11 is 0. The van der Waals surface area contributed by atoms with Gasteiger partial charge >= 0.3 is 0 Å². The maximum Gasteiger partial charge on any atom is 0.223 e. The number of nitrogens with one attached hydrogen (secondary N) is 2. The number of aryl methyl sites for hydroxylation is 1. The zero-order valence-corrected chi connectivity index (χ0v) is 13.5. The molecular weight excluding hydrogens is 283 g/mol. The van der Waals surface area contributed by atoms with Gasteiger partial charge in [0.25, 0.3) is 0 Å². The average Bonchev–Trinajstić information content (AvgIpc) is 2.49. The van der Waals surface area contributed by atoms with Gasteiger partial charge in [0.05, 0.1) is 5.69 Å². The molecule has 0 aliphatic heterocycles. The molecule has 1 aromatic rings. The number of hydrogen-bond donors (Lipinski definition) is 2. The predicted molar refractivity (Wildman–Crippen MR) is 84.0 cm³/mol. The van der Waals surface area contributed by atoms with Crippen molar-refractivity contribution in [1.29, 1.82) is 0 Å². The van der Waals surface area contributed by atoms with Gasteiger partial charge in [-0.15, -0.1) is 0 Å². The molecule has 122 valence electrons. The second kappa shape index (κ2) is 7.51. The van der Waals surface area contributed by atoms with Crippen molar-refractivity contribution in [3.05, 3.63) is 17.8 Å². The standard InChI is InChI=1S/C16H25FN4O/c1-4-13-14(17)15(19-9-18-13)21-12-7-5-6-11(8-12)16(22)20-10(2)3/h9-12H,4-8H2,1-3H3,(H,20,22)(H,18,19,21)/t11-,12-/m1/s1. The van der Waals surface area contributed by atoms with Gasteiger partial charge < -0.3 is 10.6 Å². The van der Waals surface area contributed by atoms with Crippen molar-refractivity contribution in [3.63, 3.8) is 0 Å². The van der Waals surface area contributed by atoms with Crippen molar-refractivity contribution < 1.29 is 9.18 Å². The van der Waals surface area contributed by atoms with Crippen LogP contribution in [0.4, 0.5) is 10.2 Å². The molecule has 2 rings (SSSR count). The van der Waals surface area contributed by atoms with Crippen LogP contribution in [0.3, 0.4) is 0 Å². The third-order valence-electron chi connectivity index (χ3n) is 4.01. The first-order chi connectivity index (χ1) is 10.5. The topological polar surface area (TPSA) is 66.9 Å². The number of halogens is 1. The van der Waals surface area contributed by atoms with E-state index in [0.29, 0.717) is 18.5 Å². The van der Waals surface area contributed by atoms with Crippen LogP contribution in [0.2, 0.25) is 0 Å². The van der Waals surface area contributed by atoms with Crippen molar-refractivity contribution in [2.24, 2.45) is 5.92 Å². The molecule has 0 saturated heterocycles. The van der Waals surface area contributed by atoms with E-state index < -0.39 is 0 Å². The van der Waals surface area contributed by atoms with E-state index in [0.717, 1.165) is 19.3 Å². The van der Waals surface area contributed by atoms with E-state index in [4.69, 9.17) is 0 Å². The largest absolute Gasteiger partial charge is 0.365 e. The Kier molecular flexibility index (Phi) is 5.69. The number of anilines is 1. The van der Waals surface area contributed by atoms with Crippen LogP contribution in [0.1, 0.15) is 52.1 Å². The summed E-state index contributed by atoms with van der Waals surface area (Å²) < 4.78 is 14.2. The monoisotopic (exact) mass is 308 g/mol. The third-order valence-corrected chi connectivity index (χ3v) is 4.01. The van der Waals surface area contributed by atoms with E-state index in [2.05, 4.69) is 20.6 Å². The normalized spacial score (nSPS) is 21.7. The first-order valence-corrected chi connectivity index (χ1v) is 8.07. The van der Waals surface area contributed by atoms with Crippen molar-refractivity contribution >= 4 is 11.7 Å². The Bertz CT molecular complexity index is 521. The maximum absolute atomic E-state index is 14.2. The molecule has 0 radical (unpaired) electrons. The molecule has 2 N–H and O–H groups in total. The van der Waals surface area contributed by atoms with Crippen LogP contribution in [0.25, 0.3) is 0 Å². The smallest absolute Gasteiger partial charge is 0.223 e. The Hall–Kier alpha value is -1.72. The molecule has 1 aromatic heterocycles. The average molecular weight is 308 g/mol. The van der Waals surface area contributed by atoms with Crippen LogP contribution in [-0.4, -0.2) is 28.0 Å². The number of carbonyl (C=O) groups is 1. The summed E-state index contributed by atoms with van der Waals surface area (Å²) in [5.41, 5.74) is 0.419. The third kappa shape index (κ3) is 4.15. The minimum atomic E-state index is -0.376. The van der Waals surface area contributed by atoms with Gasteiger partial charge in [-0.3, -0.25) is 4.79 Å². The molecule has 0 spiro atoms. The van der Waals surface area contributed by atoms with E-state index in [-0.39, 0.29) is 35.5 Å². The highest BCUT2D eigenvalue weighted by molar-refractivity contribution is 5.79. The van der Waals surface area contributed by atoms with Crippen LogP contribution < -0.4 is 10.6 Å². The first kappa shape index (κ1) is 16.6. The van der Waals surface area contributed by atoms with Crippen LogP contribution in [0.5, 0.6) is 0 Å². The molecule has 1 heterocycles. The van der Waals surface area contributed by atoms with Gasteiger partial charge in [0.15, 0.2) is 11.6 Å². The molecule has 1 aliphatic rings. The molecule has 1 aliphatic carbocycles. The number of rotatable bonds is 5. The second-order valence-corrected chi connectivity index (χ2v) is 6.20. The fourth-order valence-electron chi connectivity index (χ4n) is 2.91. The molecule has 0 unspecified atom stereocenters. The van der Waals surface area contributed by atoms with Crippen LogP contribution >= 0.6 is 0 Å². The van der Waals surface area contributed by atoms with E-state index in [1.165, 1.54) is 6.33 Å². The SMILES string of the molecule is CCc1ncnc(N[C@@H]2CCC[C@@H](C(=O)NC(C)C)C2)c1F. The summed E-state index contributed by atoms with van der Waals surface area (Å²) in [6.45, 7) is 5.78. The molecule has 1 amide bonds. The Morgan fingerprint density at radius 3 is 2.86 bits per heavy atom. The van der Waals surface area contributed by atoms with Gasteiger partial charge in [-0.05, 0) is 39.5 Å². The molecule has 6 heteroatoms. The molecule has 5 nitrogen and oxygen atoms in total. The number of nitrogens with zero attached hydrogens (tertiary/aromatic N) is 2. The van der Waals surface area contributed by atoms with E-state index in [1.807, 2.05) is 20.8 Å². The van der Waals surface area contributed by atoms with Gasteiger partial charge in [0.1, 0.15) is 6.33 Å². The highest BCUT2D eigenvalue weighted by atomic mass is 19.1. The Labute approximate surface area is 131 Å². The van der Waals surface area contributed by atoms with Gasteiger partial charge in [0, 0.05) is 18.0 Å². The highest BCUT2D eigenvalue weighted by Crippen LogP contribution is 2.27. The van der Waals surface area contributed by atoms with Crippen LogP contribution in [-0.2, 0) is 11.2 Å². The number of carbonyl (C=O) groups excluding carboxylic acids is 1. The summed E-state index contributed by atoms with van der Waals surface area (Å²) in [7, 11) is 0. The summed E-state index contributed by atoms with van der Waals surface area (Å²) in [5, 5.41) is 6.12. The molecule has 22 heavy (non-hydrogen) atoms. The molecular formula is C16H25FN4O. The zero-order valence-electron chi connectivity index (χ0n) is 13.5. The molecule has 1 saturated carbocycles. The van der Waals surface area contributed by atoms with Crippen LogP contribution in [0, 0.1) is 11.7 Å².